The predicted octanol–water partition coefficient (Wildman–Crippen LogP) is 4.52. The normalized spacial score (nSPS) is 12.5. The van der Waals surface area contributed by atoms with Crippen LogP contribution in [0.4, 0.5) is 0 Å². The molecule has 0 fully saturated rings. The molecule has 0 saturated carbocycles. The highest BCUT2D eigenvalue weighted by Gasteiger charge is 2.16. The van der Waals surface area contributed by atoms with Crippen LogP contribution in [0.2, 0.25) is 5.02 Å². The highest BCUT2D eigenvalue weighted by molar-refractivity contribution is 6.31. The minimum Gasteiger partial charge on any atom is -0.491 e. The second-order valence-electron chi connectivity index (χ2n) is 5.12. The number of aryl methyl sites for hydroxylation is 1. The molecule has 1 N–H and O–H groups in total. The Bertz CT molecular complexity index is 593. The van der Waals surface area contributed by atoms with E-state index in [4.69, 9.17) is 16.3 Å². The van der Waals surface area contributed by atoms with Gasteiger partial charge in [0, 0.05) is 10.6 Å². The second kappa shape index (κ2) is 6.29. The molecule has 0 aliphatic rings. The first-order chi connectivity index (χ1) is 9.49. The molecular formula is C17H19ClO2. The van der Waals surface area contributed by atoms with Crippen molar-refractivity contribution >= 4 is 11.6 Å². The van der Waals surface area contributed by atoms with Gasteiger partial charge in [-0.2, -0.15) is 0 Å². The van der Waals surface area contributed by atoms with Crippen molar-refractivity contribution in [1.82, 2.24) is 0 Å². The molecule has 1 unspecified atom stereocenters. The molecule has 0 aromatic heterocycles. The molecule has 2 nitrogen and oxygen atoms in total. The third-order valence-corrected chi connectivity index (χ3v) is 3.50. The lowest BCUT2D eigenvalue weighted by Crippen LogP contribution is -2.10. The monoisotopic (exact) mass is 290 g/mol. The molecule has 20 heavy (non-hydrogen) atoms. The van der Waals surface area contributed by atoms with E-state index in [9.17, 15) is 5.11 Å². The van der Waals surface area contributed by atoms with Crippen LogP contribution < -0.4 is 4.74 Å². The molecule has 2 aromatic rings. The lowest BCUT2D eigenvalue weighted by molar-refractivity contribution is 0.198. The lowest BCUT2D eigenvalue weighted by atomic mass is 9.99. The van der Waals surface area contributed by atoms with Gasteiger partial charge in [0.2, 0.25) is 0 Å². The molecule has 1 atom stereocenters. The van der Waals surface area contributed by atoms with Gasteiger partial charge in [0.1, 0.15) is 11.9 Å². The topological polar surface area (TPSA) is 29.5 Å². The summed E-state index contributed by atoms with van der Waals surface area (Å²) in [5, 5.41) is 11.2. The predicted molar refractivity (Wildman–Crippen MR) is 82.5 cm³/mol. The van der Waals surface area contributed by atoms with Crippen molar-refractivity contribution in [1.29, 1.82) is 0 Å². The van der Waals surface area contributed by atoms with Gasteiger partial charge < -0.3 is 9.84 Å². The van der Waals surface area contributed by atoms with Gasteiger partial charge in [-0.25, -0.2) is 0 Å². The van der Waals surface area contributed by atoms with Gasteiger partial charge in [-0.05, 0) is 44.0 Å². The smallest absolute Gasteiger partial charge is 0.125 e. The SMILES string of the molecule is Cc1ccc(C(O)c2ccccc2OC(C)C)cc1Cl. The van der Waals surface area contributed by atoms with Crippen LogP contribution in [0.5, 0.6) is 5.75 Å². The summed E-state index contributed by atoms with van der Waals surface area (Å²) in [6.07, 6.45) is -0.687. The van der Waals surface area contributed by atoms with Gasteiger partial charge >= 0.3 is 0 Å². The number of hydrogen-bond donors (Lipinski definition) is 1. The fourth-order valence-electron chi connectivity index (χ4n) is 2.03. The Labute approximate surface area is 125 Å². The van der Waals surface area contributed by atoms with Crippen LogP contribution in [-0.4, -0.2) is 11.2 Å². The minimum absolute atomic E-state index is 0.0601. The number of aliphatic hydroxyl groups excluding tert-OH is 1. The zero-order chi connectivity index (χ0) is 14.7. The summed E-state index contributed by atoms with van der Waals surface area (Å²) in [6, 6.07) is 13.1. The van der Waals surface area contributed by atoms with Crippen LogP contribution in [-0.2, 0) is 0 Å². The van der Waals surface area contributed by atoms with Crippen molar-refractivity contribution in [2.75, 3.05) is 0 Å². The summed E-state index contributed by atoms with van der Waals surface area (Å²) in [5.41, 5.74) is 2.51. The van der Waals surface area contributed by atoms with E-state index in [0.717, 1.165) is 16.7 Å². The van der Waals surface area contributed by atoms with E-state index in [2.05, 4.69) is 0 Å². The van der Waals surface area contributed by atoms with Crippen molar-refractivity contribution < 1.29 is 9.84 Å². The molecule has 0 spiro atoms. The van der Waals surface area contributed by atoms with Gasteiger partial charge in [0.05, 0.1) is 6.10 Å². The van der Waals surface area contributed by atoms with Crippen LogP contribution in [0.25, 0.3) is 0 Å². The van der Waals surface area contributed by atoms with Crippen molar-refractivity contribution in [3.63, 3.8) is 0 Å². The van der Waals surface area contributed by atoms with E-state index in [1.807, 2.05) is 57.2 Å². The number of rotatable bonds is 4. The Hall–Kier alpha value is -1.51. The van der Waals surface area contributed by atoms with Gasteiger partial charge in [0.25, 0.3) is 0 Å². The molecule has 0 aliphatic heterocycles. The Balaban J connectivity index is 2.37. The lowest BCUT2D eigenvalue weighted by Gasteiger charge is -2.18. The number of para-hydroxylation sites is 1. The minimum atomic E-state index is -0.747. The molecular weight excluding hydrogens is 272 g/mol. The number of benzene rings is 2. The molecule has 0 aliphatic carbocycles. The number of ether oxygens (including phenoxy) is 1. The Morgan fingerprint density at radius 2 is 1.80 bits per heavy atom. The maximum absolute atomic E-state index is 10.6. The summed E-state index contributed by atoms with van der Waals surface area (Å²) in [4.78, 5) is 0. The van der Waals surface area contributed by atoms with Crippen LogP contribution in [0.3, 0.4) is 0 Å². The first kappa shape index (κ1) is 14.9. The van der Waals surface area contributed by atoms with Crippen LogP contribution in [0.1, 0.15) is 36.6 Å². The van der Waals surface area contributed by atoms with Crippen LogP contribution >= 0.6 is 11.6 Å². The number of hydrogen-bond acceptors (Lipinski definition) is 2. The molecule has 0 amide bonds. The van der Waals surface area contributed by atoms with E-state index in [1.54, 1.807) is 6.07 Å². The van der Waals surface area contributed by atoms with E-state index < -0.39 is 6.10 Å². The summed E-state index contributed by atoms with van der Waals surface area (Å²) in [6.45, 7) is 5.87. The van der Waals surface area contributed by atoms with E-state index in [0.29, 0.717) is 10.8 Å². The zero-order valence-electron chi connectivity index (χ0n) is 11.9. The molecule has 3 heteroatoms. The molecule has 0 saturated heterocycles. The van der Waals surface area contributed by atoms with Crippen molar-refractivity contribution in [3.05, 3.63) is 64.2 Å². The van der Waals surface area contributed by atoms with Gasteiger partial charge in [-0.3, -0.25) is 0 Å². The van der Waals surface area contributed by atoms with E-state index in [1.165, 1.54) is 0 Å². The quantitative estimate of drug-likeness (QED) is 0.897. The highest BCUT2D eigenvalue weighted by Crippen LogP contribution is 2.32. The second-order valence-corrected chi connectivity index (χ2v) is 5.52. The first-order valence-corrected chi connectivity index (χ1v) is 7.06. The fraction of sp³-hybridized carbons (Fsp3) is 0.294. The summed E-state index contributed by atoms with van der Waals surface area (Å²) in [7, 11) is 0. The van der Waals surface area contributed by atoms with Crippen molar-refractivity contribution in [2.45, 2.75) is 33.0 Å². The fourth-order valence-corrected chi connectivity index (χ4v) is 2.22. The molecule has 106 valence electrons. The maximum atomic E-state index is 10.6. The van der Waals surface area contributed by atoms with Crippen molar-refractivity contribution in [2.24, 2.45) is 0 Å². The molecule has 0 radical (unpaired) electrons. The molecule has 0 heterocycles. The van der Waals surface area contributed by atoms with Crippen LogP contribution in [0.15, 0.2) is 42.5 Å². The van der Waals surface area contributed by atoms with E-state index in [-0.39, 0.29) is 6.10 Å². The highest BCUT2D eigenvalue weighted by atomic mass is 35.5. The van der Waals surface area contributed by atoms with Gasteiger partial charge in [-0.15, -0.1) is 0 Å². The zero-order valence-corrected chi connectivity index (χ0v) is 12.7. The van der Waals surface area contributed by atoms with Crippen molar-refractivity contribution in [3.8, 4) is 5.75 Å². The average molecular weight is 291 g/mol. The number of aliphatic hydroxyl groups is 1. The first-order valence-electron chi connectivity index (χ1n) is 6.68. The Kier molecular flexibility index (Phi) is 4.69. The summed E-state index contributed by atoms with van der Waals surface area (Å²) < 4.78 is 5.75. The number of halogens is 1. The standard InChI is InChI=1S/C17H19ClO2/c1-11(2)20-16-7-5-4-6-14(16)17(19)13-9-8-12(3)15(18)10-13/h4-11,17,19H,1-3H3. The molecule has 2 rings (SSSR count). The third-order valence-electron chi connectivity index (χ3n) is 3.09. The van der Waals surface area contributed by atoms with Crippen LogP contribution in [0, 0.1) is 6.92 Å². The summed E-state index contributed by atoms with van der Waals surface area (Å²) >= 11 is 6.13. The maximum Gasteiger partial charge on any atom is 0.125 e. The van der Waals surface area contributed by atoms with E-state index >= 15 is 0 Å². The Morgan fingerprint density at radius 3 is 2.45 bits per heavy atom. The van der Waals surface area contributed by atoms with Gasteiger partial charge in [-0.1, -0.05) is 41.9 Å². The summed E-state index contributed by atoms with van der Waals surface area (Å²) in [5.74, 6) is 0.701. The largest absolute Gasteiger partial charge is 0.491 e. The Morgan fingerprint density at radius 1 is 1.10 bits per heavy atom. The van der Waals surface area contributed by atoms with Gasteiger partial charge in [0.15, 0.2) is 0 Å². The molecule has 2 aromatic carbocycles. The average Bonchev–Trinajstić information content (AvgIpc) is 2.41. The molecule has 0 bridgehead atoms. The third kappa shape index (κ3) is 3.33.